The molecule has 0 saturated heterocycles. The fraction of sp³-hybridized carbons (Fsp3) is 0.348. The van der Waals surface area contributed by atoms with E-state index in [0.717, 1.165) is 24.6 Å². The van der Waals surface area contributed by atoms with Gasteiger partial charge in [-0.25, -0.2) is 9.97 Å². The predicted octanol–water partition coefficient (Wildman–Crippen LogP) is 5.55. The molecule has 0 spiro atoms. The van der Waals surface area contributed by atoms with Crippen molar-refractivity contribution in [3.63, 3.8) is 0 Å². The molecule has 3 aromatic rings. The van der Waals surface area contributed by atoms with E-state index in [-0.39, 0.29) is 17.1 Å². The number of allylic oxidation sites excluding steroid dienone is 1. The van der Waals surface area contributed by atoms with Crippen LogP contribution in [0.1, 0.15) is 44.0 Å². The molecule has 1 fully saturated rings. The Morgan fingerprint density at radius 2 is 1.91 bits per heavy atom. The van der Waals surface area contributed by atoms with Crippen molar-refractivity contribution < 1.29 is 22.7 Å². The van der Waals surface area contributed by atoms with Crippen LogP contribution in [0.2, 0.25) is 0 Å². The van der Waals surface area contributed by atoms with E-state index in [1.807, 2.05) is 17.0 Å². The van der Waals surface area contributed by atoms with Gasteiger partial charge < -0.3 is 19.9 Å². The van der Waals surface area contributed by atoms with E-state index < -0.39 is 12.2 Å². The first-order valence-electron chi connectivity index (χ1n) is 10.6. The molecule has 0 radical (unpaired) electrons. The first-order valence-corrected chi connectivity index (χ1v) is 11.5. The average Bonchev–Trinajstić information content (AvgIpc) is 3.26. The van der Waals surface area contributed by atoms with Crippen LogP contribution < -0.4 is 15.4 Å². The Morgan fingerprint density at radius 3 is 2.56 bits per heavy atom. The fourth-order valence-electron chi connectivity index (χ4n) is 3.15. The Kier molecular flexibility index (Phi) is 6.39. The molecule has 1 aliphatic rings. The van der Waals surface area contributed by atoms with E-state index in [1.165, 1.54) is 23.0 Å². The summed E-state index contributed by atoms with van der Waals surface area (Å²) < 4.78 is 43.3. The molecule has 4 rings (SSSR count). The maximum atomic E-state index is 12.6. The molecule has 0 aliphatic heterocycles. The highest BCUT2D eigenvalue weighted by Gasteiger charge is 2.32. The highest BCUT2D eigenvalue weighted by molar-refractivity contribution is 7.14. The number of rotatable bonds is 7. The lowest BCUT2D eigenvalue weighted by Gasteiger charge is -2.20. The molecule has 180 valence electrons. The van der Waals surface area contributed by atoms with Gasteiger partial charge in [0, 0.05) is 35.1 Å². The molecule has 11 heteroatoms. The van der Waals surface area contributed by atoms with Crippen LogP contribution in [-0.2, 0) is 5.54 Å². The molecule has 34 heavy (non-hydrogen) atoms. The van der Waals surface area contributed by atoms with Crippen molar-refractivity contribution in [2.24, 2.45) is 0 Å². The zero-order chi connectivity index (χ0) is 24.5. The van der Waals surface area contributed by atoms with Crippen LogP contribution >= 0.6 is 11.3 Å². The second-order valence-corrected chi connectivity index (χ2v) is 9.67. The van der Waals surface area contributed by atoms with E-state index in [4.69, 9.17) is 0 Å². The van der Waals surface area contributed by atoms with Gasteiger partial charge >= 0.3 is 6.36 Å². The van der Waals surface area contributed by atoms with Gasteiger partial charge in [0.25, 0.3) is 5.91 Å². The molecule has 0 unspecified atom stereocenters. The summed E-state index contributed by atoms with van der Waals surface area (Å²) in [5.74, 6) is -0.717. The van der Waals surface area contributed by atoms with E-state index in [0.29, 0.717) is 22.9 Å². The van der Waals surface area contributed by atoms with Gasteiger partial charge in [0.1, 0.15) is 5.69 Å². The Balaban J connectivity index is 1.40. The topological polar surface area (TPSA) is 81.1 Å². The number of amides is 1. The van der Waals surface area contributed by atoms with Crippen LogP contribution in [0.15, 0.2) is 53.3 Å². The van der Waals surface area contributed by atoms with E-state index in [2.05, 4.69) is 46.1 Å². The second kappa shape index (κ2) is 9.13. The lowest BCUT2D eigenvalue weighted by Crippen LogP contribution is -2.28. The van der Waals surface area contributed by atoms with Crippen LogP contribution in [0.25, 0.3) is 11.4 Å². The van der Waals surface area contributed by atoms with Gasteiger partial charge in [0.15, 0.2) is 5.13 Å². The average molecular weight is 492 g/mol. The van der Waals surface area contributed by atoms with Crippen molar-refractivity contribution in [2.75, 3.05) is 11.9 Å². The Hall–Kier alpha value is -3.34. The van der Waals surface area contributed by atoms with Crippen LogP contribution in [0, 0.1) is 0 Å². The summed E-state index contributed by atoms with van der Waals surface area (Å²) in [6.45, 7) is 6.50. The molecule has 3 heterocycles. The number of carbonyl (C=O) groups excluding carboxylic acids is 1. The standard InChI is InChI=1S/C23H24F3N5O2S/c1-22(2,3)31-10-9-15(12-31)20(32)27-11-17(14-7-8-14)29-21-30-18(13-34-21)16-5-4-6-19(28-16)33-23(24,25)26/h4-6,9-10,12-13H,7-8,11H2,1-3H3,(H,27,32)(H,29,30). The first kappa shape index (κ1) is 23.8. The van der Waals surface area contributed by atoms with Gasteiger partial charge in [-0.05, 0) is 51.3 Å². The summed E-state index contributed by atoms with van der Waals surface area (Å²) in [6.07, 6.45) is 0.771. The Labute approximate surface area is 198 Å². The van der Waals surface area contributed by atoms with Crippen molar-refractivity contribution >= 4 is 22.4 Å². The van der Waals surface area contributed by atoms with Crippen molar-refractivity contribution in [3.8, 4) is 17.3 Å². The number of pyridine rings is 1. The molecule has 1 saturated carbocycles. The minimum Gasteiger partial charge on any atom is -0.388 e. The zero-order valence-corrected chi connectivity index (χ0v) is 19.7. The van der Waals surface area contributed by atoms with E-state index in [9.17, 15) is 18.0 Å². The van der Waals surface area contributed by atoms with Crippen LogP contribution in [0.4, 0.5) is 18.3 Å². The van der Waals surface area contributed by atoms with Gasteiger partial charge in [0.05, 0.1) is 17.8 Å². The zero-order valence-electron chi connectivity index (χ0n) is 18.9. The van der Waals surface area contributed by atoms with Gasteiger partial charge in [-0.3, -0.25) is 4.79 Å². The third kappa shape index (κ3) is 6.16. The monoisotopic (exact) mass is 491 g/mol. The van der Waals surface area contributed by atoms with E-state index in [1.54, 1.807) is 17.5 Å². The predicted molar refractivity (Wildman–Crippen MR) is 124 cm³/mol. The summed E-state index contributed by atoms with van der Waals surface area (Å²) in [5.41, 5.74) is 3.22. The van der Waals surface area contributed by atoms with Crippen LogP contribution in [0.3, 0.4) is 0 Å². The fourth-order valence-corrected chi connectivity index (χ4v) is 3.88. The number of nitrogens with zero attached hydrogens (tertiary/aromatic N) is 3. The molecule has 0 atom stereocenters. The number of thiazole rings is 1. The summed E-state index contributed by atoms with van der Waals surface area (Å²) in [7, 11) is 0. The first-order chi connectivity index (χ1) is 16.0. The number of alkyl halides is 3. The molecule has 0 aromatic carbocycles. The molecule has 7 nitrogen and oxygen atoms in total. The highest BCUT2D eigenvalue weighted by atomic mass is 32.1. The quantitative estimate of drug-likeness (QED) is 0.453. The maximum absolute atomic E-state index is 12.6. The highest BCUT2D eigenvalue weighted by Crippen LogP contribution is 2.33. The molecule has 0 bridgehead atoms. The number of anilines is 1. The number of hydrogen-bond acceptors (Lipinski definition) is 6. The second-order valence-electron chi connectivity index (χ2n) is 8.81. The summed E-state index contributed by atoms with van der Waals surface area (Å²) in [6, 6.07) is 5.91. The van der Waals surface area contributed by atoms with Gasteiger partial charge in [-0.15, -0.1) is 24.5 Å². The van der Waals surface area contributed by atoms with Gasteiger partial charge in [-0.2, -0.15) is 0 Å². The van der Waals surface area contributed by atoms with Crippen molar-refractivity contribution in [2.45, 2.75) is 45.5 Å². The molecule has 1 amide bonds. The van der Waals surface area contributed by atoms with Crippen molar-refractivity contribution in [1.29, 1.82) is 0 Å². The largest absolute Gasteiger partial charge is 0.574 e. The molecular weight excluding hydrogens is 467 g/mol. The Morgan fingerprint density at radius 1 is 1.15 bits per heavy atom. The number of aromatic nitrogens is 3. The molecular formula is C23H24F3N5O2S. The molecule has 3 aromatic heterocycles. The maximum Gasteiger partial charge on any atom is 0.574 e. The summed E-state index contributed by atoms with van der Waals surface area (Å²) in [5, 5.41) is 8.45. The summed E-state index contributed by atoms with van der Waals surface area (Å²) >= 11 is 1.30. The normalized spacial score (nSPS) is 13.5. The molecule has 2 N–H and O–H groups in total. The summed E-state index contributed by atoms with van der Waals surface area (Å²) in [4.78, 5) is 20.9. The minimum absolute atomic E-state index is 0.114. The Bertz CT molecular complexity index is 1220. The number of halogens is 3. The number of carbonyl (C=O) groups is 1. The van der Waals surface area contributed by atoms with Gasteiger partial charge in [-0.1, -0.05) is 6.07 Å². The third-order valence-corrected chi connectivity index (χ3v) is 5.81. The van der Waals surface area contributed by atoms with E-state index >= 15 is 0 Å². The third-order valence-electron chi connectivity index (χ3n) is 5.05. The van der Waals surface area contributed by atoms with Crippen molar-refractivity contribution in [1.82, 2.24) is 19.9 Å². The number of nitrogens with one attached hydrogen (secondary N) is 2. The molecule has 1 aliphatic carbocycles. The number of hydrogen-bond donors (Lipinski definition) is 2. The lowest BCUT2D eigenvalue weighted by atomic mass is 10.1. The van der Waals surface area contributed by atoms with Gasteiger partial charge in [0.2, 0.25) is 5.88 Å². The SMILES string of the molecule is CC(C)(C)n1ccc(C(=O)NCC(Nc2nc(-c3cccc(OC(F)(F)F)n3)cs2)=C2CC2)c1. The minimum atomic E-state index is -4.81. The van der Waals surface area contributed by atoms with Crippen molar-refractivity contribution in [3.05, 3.63) is 58.9 Å². The van der Waals surface area contributed by atoms with Crippen LogP contribution in [-0.4, -0.2) is 33.3 Å². The van der Waals surface area contributed by atoms with Crippen LogP contribution in [0.5, 0.6) is 5.88 Å². The lowest BCUT2D eigenvalue weighted by molar-refractivity contribution is -0.276. The smallest absolute Gasteiger partial charge is 0.388 e. The number of ether oxygens (including phenoxy) is 1.